The number of aromatic hydroxyl groups is 1. The molecule has 1 saturated heterocycles. The molecule has 1 amide bonds. The summed E-state index contributed by atoms with van der Waals surface area (Å²) in [6.45, 7) is 6.77. The van der Waals surface area contributed by atoms with Crippen molar-refractivity contribution in [2.24, 2.45) is 10.9 Å². The van der Waals surface area contributed by atoms with Crippen molar-refractivity contribution in [1.29, 1.82) is 0 Å². The van der Waals surface area contributed by atoms with Crippen molar-refractivity contribution >= 4 is 23.5 Å². The highest BCUT2D eigenvalue weighted by Crippen LogP contribution is 2.36. The third kappa shape index (κ3) is 5.32. The molecule has 2 aromatic rings. The van der Waals surface area contributed by atoms with Crippen LogP contribution in [0.2, 0.25) is 0 Å². The number of phenolic OH excluding ortho intramolecular Hbond substituents is 1. The predicted molar refractivity (Wildman–Crippen MR) is 134 cm³/mol. The van der Waals surface area contributed by atoms with E-state index in [0.717, 1.165) is 24.5 Å². The minimum Gasteiger partial charge on any atom is -0.504 e. The number of carbonyl (C=O) groups excluding carboxylic acids is 2. The first kappa shape index (κ1) is 25.2. The molecule has 4 rings (SSSR count). The largest absolute Gasteiger partial charge is 0.504 e. The summed E-state index contributed by atoms with van der Waals surface area (Å²) in [4.78, 5) is 35.0. The quantitative estimate of drug-likeness (QED) is 0.444. The zero-order valence-corrected chi connectivity index (χ0v) is 20.8. The molecule has 0 aromatic heterocycles. The van der Waals surface area contributed by atoms with Crippen LogP contribution in [-0.2, 0) is 14.3 Å². The van der Waals surface area contributed by atoms with E-state index in [9.17, 15) is 14.7 Å². The van der Waals surface area contributed by atoms with Crippen molar-refractivity contribution in [3.8, 4) is 17.2 Å². The van der Waals surface area contributed by atoms with Crippen LogP contribution in [0.25, 0.3) is 0 Å². The first-order valence-electron chi connectivity index (χ1n) is 12.1. The van der Waals surface area contributed by atoms with Gasteiger partial charge in [0.1, 0.15) is 11.8 Å². The maximum Gasteiger partial charge on any atom is 0.321 e. The Morgan fingerprint density at radius 3 is 2.39 bits per heavy atom. The number of esters is 1. The lowest BCUT2D eigenvalue weighted by Crippen LogP contribution is -2.57. The topological polar surface area (TPSA) is 113 Å². The Hall–Kier alpha value is -3.95. The molecule has 10 heteroatoms. The Morgan fingerprint density at radius 1 is 1.06 bits per heavy atom. The second-order valence-corrected chi connectivity index (χ2v) is 8.45. The molecule has 2 aliphatic rings. The fourth-order valence-corrected chi connectivity index (χ4v) is 4.42. The van der Waals surface area contributed by atoms with Crippen molar-refractivity contribution < 1.29 is 28.9 Å². The maximum atomic E-state index is 13.1. The highest BCUT2D eigenvalue weighted by Gasteiger charge is 2.42. The van der Waals surface area contributed by atoms with Crippen LogP contribution in [0, 0.1) is 5.92 Å². The molecule has 2 N–H and O–H groups in total. The predicted octanol–water partition coefficient (Wildman–Crippen LogP) is 2.33. The lowest BCUT2D eigenvalue weighted by molar-refractivity contribution is -0.153. The van der Waals surface area contributed by atoms with Crippen molar-refractivity contribution in [2.75, 3.05) is 51.4 Å². The maximum absolute atomic E-state index is 13.1. The number of rotatable bonds is 7. The van der Waals surface area contributed by atoms with Gasteiger partial charge in [0.15, 0.2) is 17.4 Å². The summed E-state index contributed by atoms with van der Waals surface area (Å²) >= 11 is 0. The van der Waals surface area contributed by atoms with Gasteiger partial charge in [0, 0.05) is 31.9 Å². The van der Waals surface area contributed by atoms with Crippen LogP contribution in [-0.4, -0.2) is 74.3 Å². The van der Waals surface area contributed by atoms with Crippen molar-refractivity contribution in [3.63, 3.8) is 0 Å². The van der Waals surface area contributed by atoms with Gasteiger partial charge in [-0.25, -0.2) is 4.99 Å². The van der Waals surface area contributed by atoms with Gasteiger partial charge in [-0.15, -0.1) is 0 Å². The van der Waals surface area contributed by atoms with E-state index >= 15 is 0 Å². The van der Waals surface area contributed by atoms with Gasteiger partial charge in [-0.1, -0.05) is 6.07 Å². The van der Waals surface area contributed by atoms with Crippen LogP contribution in [0.4, 0.5) is 5.69 Å². The molecule has 2 atom stereocenters. The average molecular weight is 497 g/mol. The number of anilines is 1. The zero-order chi connectivity index (χ0) is 25.7. The van der Waals surface area contributed by atoms with Gasteiger partial charge in [-0.05, 0) is 55.8 Å². The van der Waals surface area contributed by atoms with Crippen LogP contribution in [0.1, 0.15) is 25.5 Å². The first-order chi connectivity index (χ1) is 17.4. The summed E-state index contributed by atoms with van der Waals surface area (Å²) in [7, 11) is 1.64. The molecule has 10 nitrogen and oxygen atoms in total. The van der Waals surface area contributed by atoms with E-state index in [1.807, 2.05) is 36.1 Å². The van der Waals surface area contributed by atoms with Gasteiger partial charge in [0.05, 0.1) is 20.3 Å². The first-order valence-corrected chi connectivity index (χ1v) is 12.1. The number of hydrogen-bond acceptors (Lipinski definition) is 9. The Bertz CT molecular complexity index is 1110. The highest BCUT2D eigenvalue weighted by molar-refractivity contribution is 6.08. The van der Waals surface area contributed by atoms with Crippen molar-refractivity contribution in [3.05, 3.63) is 48.0 Å². The SMILES string of the molecule is CCOC(=O)[C@@H]1C(=O)NC(N2CCN(c3ccc(OC)cc3)CC2)=N[C@@H]1c1ccc(O)c(OCC)c1. The number of amides is 1. The van der Waals surface area contributed by atoms with Gasteiger partial charge in [0.25, 0.3) is 0 Å². The fourth-order valence-electron chi connectivity index (χ4n) is 4.42. The summed E-state index contributed by atoms with van der Waals surface area (Å²) in [6, 6.07) is 11.9. The second-order valence-electron chi connectivity index (χ2n) is 8.45. The number of nitrogens with zero attached hydrogens (tertiary/aromatic N) is 3. The minimum absolute atomic E-state index is 0.0209. The van der Waals surface area contributed by atoms with Crippen LogP contribution < -0.4 is 19.7 Å². The van der Waals surface area contributed by atoms with Gasteiger partial charge in [0.2, 0.25) is 11.9 Å². The Kier molecular flexibility index (Phi) is 7.82. The van der Waals surface area contributed by atoms with Crippen LogP contribution in [0.3, 0.4) is 0 Å². The molecule has 0 radical (unpaired) electrons. The van der Waals surface area contributed by atoms with Crippen molar-refractivity contribution in [2.45, 2.75) is 19.9 Å². The average Bonchev–Trinajstić information content (AvgIpc) is 2.90. The molecule has 0 saturated carbocycles. The number of carbonyl (C=O) groups is 2. The lowest BCUT2D eigenvalue weighted by Gasteiger charge is -2.39. The molecule has 0 bridgehead atoms. The van der Waals surface area contributed by atoms with Gasteiger partial charge in [-0.3, -0.25) is 14.9 Å². The summed E-state index contributed by atoms with van der Waals surface area (Å²) in [5.41, 5.74) is 1.68. The number of piperazine rings is 1. The van der Waals surface area contributed by atoms with Crippen LogP contribution >= 0.6 is 0 Å². The zero-order valence-electron chi connectivity index (χ0n) is 20.8. The van der Waals surface area contributed by atoms with Gasteiger partial charge in [-0.2, -0.15) is 0 Å². The number of benzene rings is 2. The molecule has 1 fully saturated rings. The van der Waals surface area contributed by atoms with E-state index < -0.39 is 23.8 Å². The standard InChI is InChI=1S/C26H32N4O6/c1-4-35-21-16-17(6-11-20(21)31)23-22(25(33)36-5-2)24(32)28-26(27-23)30-14-12-29(13-15-30)18-7-9-19(34-3)10-8-18/h6-11,16,22-23,31H,4-5,12-15H2,1-3H3,(H,27,28,32)/t22-,23+/m0/s1. The van der Waals surface area contributed by atoms with Gasteiger partial charge < -0.3 is 29.1 Å². The molecule has 2 aromatic carbocycles. The van der Waals surface area contributed by atoms with E-state index in [2.05, 4.69) is 10.2 Å². The van der Waals surface area contributed by atoms with Crippen LogP contribution in [0.15, 0.2) is 47.5 Å². The third-order valence-corrected chi connectivity index (χ3v) is 6.28. The number of methoxy groups -OCH3 is 1. The highest BCUT2D eigenvalue weighted by atomic mass is 16.5. The van der Waals surface area contributed by atoms with E-state index in [0.29, 0.717) is 31.2 Å². The lowest BCUT2D eigenvalue weighted by atomic mass is 9.91. The molecule has 36 heavy (non-hydrogen) atoms. The normalized spacial score (nSPS) is 19.9. The molecular formula is C26H32N4O6. The number of aliphatic imine (C=N–C) groups is 1. The number of phenols is 1. The smallest absolute Gasteiger partial charge is 0.321 e. The number of ether oxygens (including phenoxy) is 3. The summed E-state index contributed by atoms with van der Waals surface area (Å²) in [5.74, 6) is -0.772. The molecule has 192 valence electrons. The summed E-state index contributed by atoms with van der Waals surface area (Å²) < 4.78 is 15.9. The van der Waals surface area contributed by atoms with Crippen LogP contribution in [0.5, 0.6) is 17.2 Å². The molecule has 0 aliphatic carbocycles. The van der Waals surface area contributed by atoms with E-state index in [-0.39, 0.29) is 18.1 Å². The monoisotopic (exact) mass is 496 g/mol. The minimum atomic E-state index is -1.15. The third-order valence-electron chi connectivity index (χ3n) is 6.28. The molecule has 0 spiro atoms. The number of hydrogen-bond donors (Lipinski definition) is 2. The molecule has 2 aliphatic heterocycles. The fraction of sp³-hybridized carbons (Fsp3) is 0.423. The Morgan fingerprint density at radius 2 is 1.75 bits per heavy atom. The van der Waals surface area contributed by atoms with Crippen molar-refractivity contribution in [1.82, 2.24) is 10.2 Å². The van der Waals surface area contributed by atoms with Gasteiger partial charge >= 0.3 is 5.97 Å². The summed E-state index contributed by atoms with van der Waals surface area (Å²) in [6.07, 6.45) is 0. The Labute approximate surface area is 210 Å². The Balaban J connectivity index is 1.57. The molecule has 0 unspecified atom stereocenters. The van der Waals surface area contributed by atoms with E-state index in [4.69, 9.17) is 19.2 Å². The number of nitrogens with one attached hydrogen (secondary N) is 1. The van der Waals surface area contributed by atoms with E-state index in [1.54, 1.807) is 26.2 Å². The van der Waals surface area contributed by atoms with E-state index in [1.165, 1.54) is 6.07 Å². The summed E-state index contributed by atoms with van der Waals surface area (Å²) in [5, 5.41) is 12.9. The molecule has 2 heterocycles. The number of guanidine groups is 1. The second kappa shape index (κ2) is 11.2. The molecular weight excluding hydrogens is 464 g/mol.